The molecule has 0 spiro atoms. The summed E-state index contributed by atoms with van der Waals surface area (Å²) < 4.78 is 11.0. The van der Waals surface area contributed by atoms with E-state index >= 15 is 0 Å². The molecule has 0 bridgehead atoms. The second-order valence-electron chi connectivity index (χ2n) is 16.2. The molecule has 6 aliphatic carbocycles. The maximum Gasteiger partial charge on any atom is 0.132 e. The Hall–Kier alpha value is -2.92. The van der Waals surface area contributed by atoms with E-state index in [2.05, 4.69) is 73.9 Å². The largest absolute Gasteiger partial charge is 0.497 e. The molecule has 0 heterocycles. The number of benzene rings is 2. The van der Waals surface area contributed by atoms with Crippen LogP contribution in [-0.4, -0.2) is 35.6 Å². The Labute approximate surface area is 275 Å². The molecule has 4 nitrogen and oxygen atoms in total. The van der Waals surface area contributed by atoms with E-state index in [9.17, 15) is 10.2 Å². The molecule has 4 heteroatoms. The highest BCUT2D eigenvalue weighted by Crippen LogP contribution is 2.65. The minimum atomic E-state index is -1.03. The molecular formula is C42H50O4. The van der Waals surface area contributed by atoms with Crippen molar-refractivity contribution in [2.75, 3.05) is 14.2 Å². The molecule has 0 radical (unpaired) electrons. The summed E-state index contributed by atoms with van der Waals surface area (Å²) >= 11 is 0. The van der Waals surface area contributed by atoms with Gasteiger partial charge in [-0.05, 0) is 171 Å². The summed E-state index contributed by atoms with van der Waals surface area (Å²) in [5, 5.41) is 24.2. The Morgan fingerprint density at radius 3 is 1.46 bits per heavy atom. The van der Waals surface area contributed by atoms with Gasteiger partial charge in [0, 0.05) is 10.8 Å². The van der Waals surface area contributed by atoms with Crippen molar-refractivity contribution in [3.8, 4) is 35.2 Å². The van der Waals surface area contributed by atoms with E-state index in [0.717, 1.165) is 62.9 Å². The number of ether oxygens (including phenoxy) is 2. The number of rotatable bonds is 2. The van der Waals surface area contributed by atoms with Crippen LogP contribution in [0, 0.1) is 58.2 Å². The molecule has 8 rings (SSSR count). The minimum absolute atomic E-state index is 0.228. The first-order valence-corrected chi connectivity index (χ1v) is 18.0. The molecule has 0 aromatic heterocycles. The lowest BCUT2D eigenvalue weighted by molar-refractivity contribution is -0.0651. The van der Waals surface area contributed by atoms with Gasteiger partial charge in [-0.15, -0.1) is 0 Å². The van der Waals surface area contributed by atoms with Gasteiger partial charge < -0.3 is 19.7 Å². The maximum absolute atomic E-state index is 12.1. The van der Waals surface area contributed by atoms with Crippen molar-refractivity contribution in [3.63, 3.8) is 0 Å². The van der Waals surface area contributed by atoms with Crippen LogP contribution in [0.5, 0.6) is 11.5 Å². The van der Waals surface area contributed by atoms with Gasteiger partial charge in [0.05, 0.1) is 14.2 Å². The SMILES string of the molecule is COc1ccc2c(c1)CC[C@@H]1[C@@H]2CC[C@@]2(C)[C@H]1CC[C@@]2(O)C#CC#C[C@]1(O)CC[C@H]2[C@@H]3CCc4cc(OC)ccc4[C@H]3CC[C@@]21C. The van der Waals surface area contributed by atoms with E-state index in [-0.39, 0.29) is 10.8 Å². The summed E-state index contributed by atoms with van der Waals surface area (Å²) in [6.07, 6.45) is 12.1. The summed E-state index contributed by atoms with van der Waals surface area (Å²) in [7, 11) is 3.49. The molecule has 0 unspecified atom stereocenters. The Kier molecular flexibility index (Phi) is 7.14. The highest BCUT2D eigenvalue weighted by Gasteiger charge is 2.62. The summed E-state index contributed by atoms with van der Waals surface area (Å²) in [4.78, 5) is 0. The monoisotopic (exact) mass is 618 g/mol. The van der Waals surface area contributed by atoms with E-state index in [1.165, 1.54) is 35.1 Å². The van der Waals surface area contributed by atoms with E-state index < -0.39 is 11.2 Å². The first-order valence-electron chi connectivity index (χ1n) is 18.0. The van der Waals surface area contributed by atoms with Gasteiger partial charge in [-0.25, -0.2) is 0 Å². The topological polar surface area (TPSA) is 58.9 Å². The quantitative estimate of drug-likeness (QED) is 0.341. The van der Waals surface area contributed by atoms with E-state index in [0.29, 0.717) is 48.3 Å². The lowest BCUT2D eigenvalue weighted by atomic mass is 9.53. The number of aryl methyl sites for hydroxylation is 2. The van der Waals surface area contributed by atoms with Crippen molar-refractivity contribution in [2.24, 2.45) is 34.5 Å². The van der Waals surface area contributed by atoms with Gasteiger partial charge >= 0.3 is 0 Å². The van der Waals surface area contributed by atoms with Crippen molar-refractivity contribution in [3.05, 3.63) is 58.7 Å². The normalized spacial score (nSPS) is 41.5. The van der Waals surface area contributed by atoms with Gasteiger partial charge in [0.1, 0.15) is 22.7 Å². The highest BCUT2D eigenvalue weighted by atomic mass is 16.5. The van der Waals surface area contributed by atoms with Crippen molar-refractivity contribution in [1.29, 1.82) is 0 Å². The van der Waals surface area contributed by atoms with Crippen molar-refractivity contribution in [1.82, 2.24) is 0 Å². The zero-order valence-corrected chi connectivity index (χ0v) is 28.1. The Bertz CT molecular complexity index is 1550. The molecule has 4 fully saturated rings. The van der Waals surface area contributed by atoms with Crippen LogP contribution < -0.4 is 9.47 Å². The fraction of sp³-hybridized carbons (Fsp3) is 0.619. The zero-order chi connectivity index (χ0) is 31.9. The van der Waals surface area contributed by atoms with Crippen molar-refractivity contribution >= 4 is 0 Å². The van der Waals surface area contributed by atoms with Crippen LogP contribution in [0.25, 0.3) is 0 Å². The molecule has 46 heavy (non-hydrogen) atoms. The Balaban J connectivity index is 0.995. The first-order chi connectivity index (χ1) is 22.1. The molecule has 0 aliphatic heterocycles. The van der Waals surface area contributed by atoms with Crippen LogP contribution in [-0.2, 0) is 12.8 Å². The molecule has 0 amide bonds. The molecule has 0 saturated heterocycles. The van der Waals surface area contributed by atoms with Crippen molar-refractivity contribution in [2.45, 2.75) is 114 Å². The Morgan fingerprint density at radius 2 is 1.04 bits per heavy atom. The number of fused-ring (bicyclic) bond motifs is 10. The fourth-order valence-corrected chi connectivity index (χ4v) is 12.1. The molecule has 2 aromatic carbocycles. The molecule has 4 saturated carbocycles. The average Bonchev–Trinajstić information content (AvgIpc) is 3.50. The maximum atomic E-state index is 12.1. The van der Waals surface area contributed by atoms with Crippen LogP contribution in [0.3, 0.4) is 0 Å². The second kappa shape index (κ2) is 10.8. The second-order valence-corrected chi connectivity index (χ2v) is 16.2. The fourth-order valence-electron chi connectivity index (χ4n) is 12.1. The number of methoxy groups -OCH3 is 2. The third-order valence-corrected chi connectivity index (χ3v) is 14.8. The molecular weight excluding hydrogens is 568 g/mol. The summed E-state index contributed by atoms with van der Waals surface area (Å²) in [5.74, 6) is 18.0. The average molecular weight is 619 g/mol. The third-order valence-electron chi connectivity index (χ3n) is 14.8. The predicted octanol–water partition coefficient (Wildman–Crippen LogP) is 7.59. The van der Waals surface area contributed by atoms with Crippen LogP contribution >= 0.6 is 0 Å². The summed E-state index contributed by atoms with van der Waals surface area (Å²) in [6, 6.07) is 13.3. The number of aliphatic hydroxyl groups is 2. The molecule has 10 atom stereocenters. The first kappa shape index (κ1) is 30.4. The highest BCUT2D eigenvalue weighted by molar-refractivity contribution is 5.44. The third kappa shape index (κ3) is 4.29. The zero-order valence-electron chi connectivity index (χ0n) is 28.1. The van der Waals surface area contributed by atoms with Gasteiger partial charge in [0.25, 0.3) is 0 Å². The van der Waals surface area contributed by atoms with Crippen LogP contribution in [0.15, 0.2) is 36.4 Å². The van der Waals surface area contributed by atoms with Gasteiger partial charge in [0.2, 0.25) is 0 Å². The van der Waals surface area contributed by atoms with Gasteiger partial charge in [0.15, 0.2) is 0 Å². The van der Waals surface area contributed by atoms with E-state index in [4.69, 9.17) is 9.47 Å². The smallest absolute Gasteiger partial charge is 0.132 e. The van der Waals surface area contributed by atoms with Gasteiger partial charge in [-0.3, -0.25) is 0 Å². The lowest BCUT2D eigenvalue weighted by Crippen LogP contribution is -2.50. The predicted molar refractivity (Wildman–Crippen MR) is 181 cm³/mol. The van der Waals surface area contributed by atoms with Crippen molar-refractivity contribution < 1.29 is 19.7 Å². The standard InChI is InChI=1S/C42H50O4/c1-39-21-15-33-31-13-9-29(45-3)25-27(31)7-11-35(33)37(39)17-23-41(39,43)19-5-6-20-42(44)24-18-38-36-12-8-28-26-30(46-4)10-14-32(28)34(36)16-22-40(38,42)2/h9-10,13-14,25-26,33-38,43-44H,7-8,11-12,15-18,21-24H2,1-4H3/t33-,34-,35-,36-,37+,38+,39+,40+,41+,42+/m1/s1. The van der Waals surface area contributed by atoms with Crippen LogP contribution in [0.1, 0.15) is 112 Å². The van der Waals surface area contributed by atoms with Gasteiger partial charge in [-0.2, -0.15) is 0 Å². The molecule has 2 aromatic rings. The summed E-state index contributed by atoms with van der Waals surface area (Å²) in [6.45, 7) is 4.58. The lowest BCUT2D eigenvalue weighted by Gasteiger charge is -2.52. The summed E-state index contributed by atoms with van der Waals surface area (Å²) in [5.41, 5.74) is 3.36. The van der Waals surface area contributed by atoms with Gasteiger partial charge in [-0.1, -0.05) is 37.8 Å². The van der Waals surface area contributed by atoms with Crippen LogP contribution in [0.2, 0.25) is 0 Å². The molecule has 2 N–H and O–H groups in total. The molecule has 6 aliphatic rings. The van der Waals surface area contributed by atoms with E-state index in [1.807, 2.05) is 0 Å². The van der Waals surface area contributed by atoms with E-state index in [1.54, 1.807) is 14.2 Å². The Morgan fingerprint density at radius 1 is 0.609 bits per heavy atom. The number of hydrogen-bond acceptors (Lipinski definition) is 4. The van der Waals surface area contributed by atoms with Crippen LogP contribution in [0.4, 0.5) is 0 Å². The minimum Gasteiger partial charge on any atom is -0.497 e. The molecule has 242 valence electrons. The number of hydrogen-bond donors (Lipinski definition) is 2.